The van der Waals surface area contributed by atoms with Crippen molar-refractivity contribution in [3.8, 4) is 5.75 Å². The summed E-state index contributed by atoms with van der Waals surface area (Å²) in [7, 11) is 0. The molecule has 9 heteroatoms. The number of nitrogens with zero attached hydrogens (tertiary/aromatic N) is 3. The van der Waals surface area contributed by atoms with Crippen LogP contribution in [0.5, 0.6) is 5.75 Å². The van der Waals surface area contributed by atoms with E-state index in [0.717, 1.165) is 16.0 Å². The van der Waals surface area contributed by atoms with Gasteiger partial charge in [-0.05, 0) is 53.4 Å². The van der Waals surface area contributed by atoms with Crippen molar-refractivity contribution in [2.75, 3.05) is 16.8 Å². The maximum atomic E-state index is 12.7. The highest BCUT2D eigenvalue weighted by molar-refractivity contribution is 6.05. The lowest BCUT2D eigenvalue weighted by Gasteiger charge is -2.30. The number of carbonyl (C=O) groups is 2. The van der Waals surface area contributed by atoms with Crippen molar-refractivity contribution in [1.29, 1.82) is 0 Å². The Hall–Kier alpha value is -3.49. The molecule has 1 atom stereocenters. The van der Waals surface area contributed by atoms with Gasteiger partial charge in [-0.2, -0.15) is 0 Å². The first kappa shape index (κ1) is 19.3. The van der Waals surface area contributed by atoms with Gasteiger partial charge in [-0.25, -0.2) is 0 Å². The number of hydrogen-bond donors (Lipinski definition) is 1. The fraction of sp³-hybridized carbons (Fsp3) is 0.316. The molecule has 0 aliphatic carbocycles. The van der Waals surface area contributed by atoms with Crippen LogP contribution in [0.4, 0.5) is 17.3 Å². The minimum atomic E-state index is -0.774. The fourth-order valence-corrected chi connectivity index (χ4v) is 2.93. The number of nitro groups is 1. The van der Waals surface area contributed by atoms with E-state index in [1.54, 1.807) is 13.0 Å². The third-order valence-electron chi connectivity index (χ3n) is 4.63. The molecule has 146 valence electrons. The standard InChI is InChI=1S/C19H20N4O5/c1-4-14-19(25)22(18-15(28-14)8-9-16(21-18)23(26)27)10-17(24)20-13-7-5-6-11(2)12(13)3/h5-9,14H,4,10H2,1-3H3,(H,20,24). The lowest BCUT2D eigenvalue weighted by atomic mass is 10.1. The average Bonchev–Trinajstić information content (AvgIpc) is 2.67. The van der Waals surface area contributed by atoms with Crippen LogP contribution in [0.2, 0.25) is 0 Å². The number of aryl methyl sites for hydroxylation is 1. The number of amides is 2. The summed E-state index contributed by atoms with van der Waals surface area (Å²) in [5, 5.41) is 13.8. The summed E-state index contributed by atoms with van der Waals surface area (Å²) in [6.07, 6.45) is -0.381. The molecule has 0 saturated carbocycles. The highest BCUT2D eigenvalue weighted by Gasteiger charge is 2.39. The summed E-state index contributed by atoms with van der Waals surface area (Å²) in [6.45, 7) is 5.27. The molecule has 2 heterocycles. The molecule has 1 aliphatic rings. The Morgan fingerprint density at radius 1 is 1.32 bits per heavy atom. The predicted octanol–water partition coefficient (Wildman–Crippen LogP) is 2.75. The molecule has 1 aromatic heterocycles. The number of carbonyl (C=O) groups excluding carboxylic acids is 2. The number of benzene rings is 1. The largest absolute Gasteiger partial charge is 0.474 e. The lowest BCUT2D eigenvalue weighted by Crippen LogP contribution is -2.49. The third-order valence-corrected chi connectivity index (χ3v) is 4.63. The second kappa shape index (κ2) is 7.63. The minimum absolute atomic E-state index is 0.0278. The smallest absolute Gasteiger partial charge is 0.366 e. The molecule has 9 nitrogen and oxygen atoms in total. The molecular formula is C19H20N4O5. The fourth-order valence-electron chi connectivity index (χ4n) is 2.93. The molecule has 0 radical (unpaired) electrons. The number of rotatable bonds is 5. The van der Waals surface area contributed by atoms with E-state index >= 15 is 0 Å². The second-order valence-corrected chi connectivity index (χ2v) is 6.48. The predicted molar refractivity (Wildman–Crippen MR) is 102 cm³/mol. The molecule has 0 spiro atoms. The number of nitrogens with one attached hydrogen (secondary N) is 1. The topological polar surface area (TPSA) is 115 Å². The van der Waals surface area contributed by atoms with Gasteiger partial charge in [0.1, 0.15) is 6.54 Å². The van der Waals surface area contributed by atoms with Gasteiger partial charge in [0.2, 0.25) is 5.91 Å². The van der Waals surface area contributed by atoms with Gasteiger partial charge in [-0.3, -0.25) is 14.5 Å². The molecule has 1 aliphatic heterocycles. The first-order valence-electron chi connectivity index (χ1n) is 8.81. The van der Waals surface area contributed by atoms with E-state index in [1.165, 1.54) is 12.1 Å². The molecule has 28 heavy (non-hydrogen) atoms. The number of ether oxygens (including phenoxy) is 1. The summed E-state index contributed by atoms with van der Waals surface area (Å²) < 4.78 is 5.59. The van der Waals surface area contributed by atoms with E-state index in [9.17, 15) is 19.7 Å². The lowest BCUT2D eigenvalue weighted by molar-refractivity contribution is -0.389. The molecule has 0 fully saturated rings. The first-order valence-corrected chi connectivity index (χ1v) is 8.81. The van der Waals surface area contributed by atoms with Crippen molar-refractivity contribution >= 4 is 29.1 Å². The molecular weight excluding hydrogens is 364 g/mol. The zero-order valence-electron chi connectivity index (χ0n) is 15.8. The molecule has 2 amide bonds. The van der Waals surface area contributed by atoms with Crippen molar-refractivity contribution < 1.29 is 19.2 Å². The quantitative estimate of drug-likeness (QED) is 0.626. The van der Waals surface area contributed by atoms with Gasteiger partial charge < -0.3 is 20.2 Å². The zero-order valence-corrected chi connectivity index (χ0v) is 15.8. The Morgan fingerprint density at radius 2 is 2.07 bits per heavy atom. The van der Waals surface area contributed by atoms with Gasteiger partial charge in [0.05, 0.1) is 0 Å². The van der Waals surface area contributed by atoms with E-state index in [1.807, 2.05) is 26.0 Å². The van der Waals surface area contributed by atoms with Crippen LogP contribution in [0, 0.1) is 24.0 Å². The van der Waals surface area contributed by atoms with Crippen LogP contribution in [0.3, 0.4) is 0 Å². The maximum Gasteiger partial charge on any atom is 0.366 e. The number of anilines is 2. The normalized spacial score (nSPS) is 15.6. The maximum absolute atomic E-state index is 12.7. The average molecular weight is 384 g/mol. The Labute approximate surface area is 161 Å². The van der Waals surface area contributed by atoms with E-state index in [2.05, 4.69) is 10.3 Å². The van der Waals surface area contributed by atoms with Crippen LogP contribution >= 0.6 is 0 Å². The molecule has 0 saturated heterocycles. The van der Waals surface area contributed by atoms with E-state index in [0.29, 0.717) is 12.1 Å². The van der Waals surface area contributed by atoms with Crippen molar-refractivity contribution in [3.63, 3.8) is 0 Å². The first-order chi connectivity index (χ1) is 13.3. The van der Waals surface area contributed by atoms with E-state index in [-0.39, 0.29) is 18.1 Å². The number of aromatic nitrogens is 1. The second-order valence-electron chi connectivity index (χ2n) is 6.48. The van der Waals surface area contributed by atoms with Crippen LogP contribution in [-0.2, 0) is 9.59 Å². The third kappa shape index (κ3) is 3.64. The Bertz CT molecular complexity index is 959. The van der Waals surface area contributed by atoms with Crippen LogP contribution in [0.25, 0.3) is 0 Å². The van der Waals surface area contributed by atoms with Crippen LogP contribution in [0.15, 0.2) is 30.3 Å². The summed E-state index contributed by atoms with van der Waals surface area (Å²) in [6, 6.07) is 8.13. The Balaban J connectivity index is 1.90. The van der Waals surface area contributed by atoms with Crippen molar-refractivity contribution in [2.45, 2.75) is 33.3 Å². The monoisotopic (exact) mass is 384 g/mol. The van der Waals surface area contributed by atoms with Gasteiger partial charge in [-0.15, -0.1) is 0 Å². The molecule has 1 unspecified atom stereocenters. The zero-order chi connectivity index (χ0) is 20.4. The number of fused-ring (bicyclic) bond motifs is 1. The summed E-state index contributed by atoms with van der Waals surface area (Å²) in [5.74, 6) is -1.11. The van der Waals surface area contributed by atoms with E-state index < -0.39 is 28.7 Å². The summed E-state index contributed by atoms with van der Waals surface area (Å²) in [4.78, 5) is 40.8. The van der Waals surface area contributed by atoms with Crippen molar-refractivity contribution in [1.82, 2.24) is 4.98 Å². The number of hydrogen-bond acceptors (Lipinski definition) is 6. The molecule has 1 N–H and O–H groups in total. The van der Waals surface area contributed by atoms with Crippen molar-refractivity contribution in [3.05, 3.63) is 51.6 Å². The molecule has 3 rings (SSSR count). The van der Waals surface area contributed by atoms with Crippen LogP contribution in [-0.4, -0.2) is 34.4 Å². The molecule has 0 bridgehead atoms. The van der Waals surface area contributed by atoms with E-state index in [4.69, 9.17) is 4.74 Å². The Morgan fingerprint density at radius 3 is 2.75 bits per heavy atom. The molecule has 2 aromatic rings. The summed E-state index contributed by atoms with van der Waals surface area (Å²) in [5.41, 5.74) is 2.59. The van der Waals surface area contributed by atoms with Crippen molar-refractivity contribution in [2.24, 2.45) is 0 Å². The number of pyridine rings is 1. The van der Waals surface area contributed by atoms with Gasteiger partial charge in [0, 0.05) is 11.8 Å². The highest BCUT2D eigenvalue weighted by atomic mass is 16.6. The highest BCUT2D eigenvalue weighted by Crippen LogP contribution is 2.34. The molecule has 1 aromatic carbocycles. The van der Waals surface area contributed by atoms with Gasteiger partial charge in [0.15, 0.2) is 11.9 Å². The Kier molecular flexibility index (Phi) is 5.25. The van der Waals surface area contributed by atoms with Crippen LogP contribution in [0.1, 0.15) is 24.5 Å². The van der Waals surface area contributed by atoms with Gasteiger partial charge in [-0.1, -0.05) is 19.1 Å². The van der Waals surface area contributed by atoms with Gasteiger partial charge in [0.25, 0.3) is 11.7 Å². The minimum Gasteiger partial charge on any atom is -0.474 e. The van der Waals surface area contributed by atoms with Crippen LogP contribution < -0.4 is 15.0 Å². The summed E-state index contributed by atoms with van der Waals surface area (Å²) >= 11 is 0. The van der Waals surface area contributed by atoms with Gasteiger partial charge >= 0.3 is 5.82 Å². The SMILES string of the molecule is CCC1Oc2ccc([N+](=O)[O-])nc2N(CC(=O)Nc2cccc(C)c2C)C1=O.